The molecule has 1 aliphatic heterocycles. The van der Waals surface area contributed by atoms with Gasteiger partial charge in [0.05, 0.1) is 10.6 Å². The smallest absolute Gasteiger partial charge is 0.198 e. The molecule has 0 spiro atoms. The van der Waals surface area contributed by atoms with Gasteiger partial charge in [-0.25, -0.2) is 22.8 Å². The fourth-order valence-electron chi connectivity index (χ4n) is 4.47. The molecular weight excluding hydrogens is 493 g/mol. The monoisotopic (exact) mass is 527 g/mol. The fraction of sp³-hybridized carbons (Fsp3) is 0.308. The maximum atomic E-state index is 13.8. The largest absolute Gasteiger partial charge is 0.330 e. The second kappa shape index (κ2) is 13.0. The molecule has 1 aliphatic rings. The Morgan fingerprint density at radius 3 is 2.46 bits per heavy atom. The van der Waals surface area contributed by atoms with Crippen molar-refractivity contribution in [2.75, 3.05) is 19.6 Å². The van der Waals surface area contributed by atoms with Crippen LogP contribution in [0, 0.1) is 11.7 Å². The molecule has 37 heavy (non-hydrogen) atoms. The van der Waals surface area contributed by atoms with Gasteiger partial charge in [0.25, 0.3) is 0 Å². The van der Waals surface area contributed by atoms with E-state index >= 15 is 0 Å². The normalized spacial score (nSPS) is 16.9. The Morgan fingerprint density at radius 2 is 1.81 bits per heavy atom. The number of nitrogens with two attached hydrogens (primary N) is 4. The molecule has 0 aliphatic carbocycles. The number of nitrogens with zero attached hydrogens (tertiary/aromatic N) is 3. The van der Waals surface area contributed by atoms with Crippen LogP contribution in [0.5, 0.6) is 0 Å². The minimum atomic E-state index is -3.67. The highest BCUT2D eigenvalue weighted by atomic mass is 32.2. The number of likely N-dealkylation sites (tertiary alicyclic amines) is 1. The van der Waals surface area contributed by atoms with Crippen LogP contribution in [0.2, 0.25) is 0 Å². The van der Waals surface area contributed by atoms with Crippen molar-refractivity contribution in [1.82, 2.24) is 14.9 Å². The quantitative estimate of drug-likeness (QED) is 0.195. The molecule has 4 rings (SSSR count). The molecule has 0 radical (unpaired) electrons. The second-order valence-corrected chi connectivity index (χ2v) is 10.8. The fourth-order valence-corrected chi connectivity index (χ4v) is 6.11. The maximum Gasteiger partial charge on any atom is 0.198 e. The molecule has 0 amide bonds. The number of hydrogen-bond donors (Lipinski definition) is 4. The average Bonchev–Trinajstić information content (AvgIpc) is 2.95. The Balaban J connectivity index is 0.00000186. The summed E-state index contributed by atoms with van der Waals surface area (Å²) < 4.78 is 40.7. The number of sulfone groups is 1. The number of hydrazine groups is 1. The lowest BCUT2D eigenvalue weighted by molar-refractivity contribution is 0.178. The summed E-state index contributed by atoms with van der Waals surface area (Å²) in [5.74, 6) is 8.37. The molecule has 9 nitrogen and oxygen atoms in total. The van der Waals surface area contributed by atoms with Crippen molar-refractivity contribution in [2.45, 2.75) is 29.7 Å². The lowest BCUT2D eigenvalue weighted by Crippen LogP contribution is -2.46. The van der Waals surface area contributed by atoms with Crippen LogP contribution >= 0.6 is 0 Å². The molecule has 8 N–H and O–H groups in total. The molecule has 2 unspecified atom stereocenters. The highest BCUT2D eigenvalue weighted by molar-refractivity contribution is 7.92. The summed E-state index contributed by atoms with van der Waals surface area (Å²) in [5.41, 5.74) is 13.9. The predicted molar refractivity (Wildman–Crippen MR) is 144 cm³/mol. The summed E-state index contributed by atoms with van der Waals surface area (Å²) in [7, 11) is -3.67. The van der Waals surface area contributed by atoms with Gasteiger partial charge >= 0.3 is 0 Å². The number of halogens is 1. The molecular formula is C26H34FN7O2S. The van der Waals surface area contributed by atoms with E-state index in [-0.39, 0.29) is 23.2 Å². The first-order valence-corrected chi connectivity index (χ1v) is 13.5. The van der Waals surface area contributed by atoms with Crippen LogP contribution in [0.3, 0.4) is 0 Å². The van der Waals surface area contributed by atoms with Gasteiger partial charge in [-0.1, -0.05) is 6.08 Å². The zero-order chi connectivity index (χ0) is 27.0. The molecule has 1 fully saturated rings. The third-order valence-corrected chi connectivity index (χ3v) is 8.48. The van der Waals surface area contributed by atoms with E-state index in [4.69, 9.17) is 11.5 Å². The van der Waals surface area contributed by atoms with Crippen LogP contribution in [0.4, 0.5) is 4.39 Å². The van der Waals surface area contributed by atoms with E-state index in [0.717, 1.165) is 18.4 Å². The van der Waals surface area contributed by atoms with Crippen molar-refractivity contribution in [3.8, 4) is 22.6 Å². The van der Waals surface area contributed by atoms with Gasteiger partial charge < -0.3 is 11.5 Å². The van der Waals surface area contributed by atoms with Crippen molar-refractivity contribution in [1.29, 1.82) is 0 Å². The Kier molecular flexibility index (Phi) is 9.98. The van der Waals surface area contributed by atoms with Gasteiger partial charge in [-0.05, 0) is 80.4 Å². The summed E-state index contributed by atoms with van der Waals surface area (Å²) in [4.78, 5) is 11.1. The first-order valence-electron chi connectivity index (χ1n) is 11.9. The molecule has 11 heteroatoms. The van der Waals surface area contributed by atoms with Crippen LogP contribution < -0.4 is 23.2 Å². The zero-order valence-electron chi connectivity index (χ0n) is 20.6. The molecule has 0 saturated carbocycles. The van der Waals surface area contributed by atoms with E-state index < -0.39 is 15.2 Å². The van der Waals surface area contributed by atoms with Crippen molar-refractivity contribution in [3.05, 3.63) is 78.8 Å². The highest BCUT2D eigenvalue weighted by Crippen LogP contribution is 2.27. The van der Waals surface area contributed by atoms with Crippen molar-refractivity contribution in [3.63, 3.8) is 0 Å². The average molecular weight is 528 g/mol. The molecule has 2 heterocycles. The summed E-state index contributed by atoms with van der Waals surface area (Å²) in [6.45, 7) is 5.76. The topological polar surface area (TPSA) is 167 Å². The van der Waals surface area contributed by atoms with Gasteiger partial charge in [-0.15, -0.1) is 6.58 Å². The molecule has 3 aromatic rings. The molecule has 1 saturated heterocycles. The van der Waals surface area contributed by atoms with Gasteiger partial charge in [0.2, 0.25) is 0 Å². The molecule has 2 atom stereocenters. The molecule has 1 aromatic heterocycles. The second-order valence-electron chi connectivity index (χ2n) is 8.71. The van der Waals surface area contributed by atoms with Crippen molar-refractivity contribution in [2.24, 2.45) is 29.1 Å². The lowest BCUT2D eigenvalue weighted by Gasteiger charge is -2.36. The third-order valence-electron chi connectivity index (χ3n) is 6.42. The Hall–Kier alpha value is -3.06. The van der Waals surface area contributed by atoms with Crippen LogP contribution in [0.15, 0.2) is 72.3 Å². The van der Waals surface area contributed by atoms with E-state index in [1.165, 1.54) is 12.1 Å². The predicted octanol–water partition coefficient (Wildman–Crippen LogP) is 2.18. The third kappa shape index (κ3) is 6.45. The summed E-state index contributed by atoms with van der Waals surface area (Å²) in [6, 6.07) is 13.0. The van der Waals surface area contributed by atoms with Gasteiger partial charge in [0, 0.05) is 36.0 Å². The van der Waals surface area contributed by atoms with E-state index in [1.807, 2.05) is 4.90 Å². The van der Waals surface area contributed by atoms with Crippen molar-refractivity contribution < 1.29 is 12.8 Å². The zero-order valence-corrected chi connectivity index (χ0v) is 21.4. The van der Waals surface area contributed by atoms with Crippen LogP contribution in [-0.2, 0) is 16.4 Å². The number of benzene rings is 2. The van der Waals surface area contributed by atoms with Crippen LogP contribution in [-0.4, -0.2) is 48.3 Å². The standard InChI is InChI=1S/C26H30FN5O2S.H4N2/c1-2-25(32-13-3-4-18(15-28)17-32)35(33,34)22-8-5-19(6-9-22)26-30-12-11-24(31-26)20-7-10-23(27)21(14-20)16-29;1-2/h2,5-12,14,18,25H,1,3-4,13,15-17,28-29H2;1-2H2. The number of piperidine rings is 1. The van der Waals surface area contributed by atoms with Gasteiger partial charge in [-0.3, -0.25) is 16.6 Å². The maximum absolute atomic E-state index is 13.8. The number of rotatable bonds is 8. The minimum Gasteiger partial charge on any atom is -0.330 e. The minimum absolute atomic E-state index is 0.0869. The van der Waals surface area contributed by atoms with E-state index in [0.29, 0.717) is 42.3 Å². The molecule has 0 bridgehead atoms. The van der Waals surface area contributed by atoms with Gasteiger partial charge in [-0.2, -0.15) is 0 Å². The van der Waals surface area contributed by atoms with E-state index in [2.05, 4.69) is 28.2 Å². The highest BCUT2D eigenvalue weighted by Gasteiger charge is 2.33. The first-order chi connectivity index (χ1) is 17.9. The first kappa shape index (κ1) is 28.5. The van der Waals surface area contributed by atoms with Crippen LogP contribution in [0.25, 0.3) is 22.6 Å². The summed E-state index contributed by atoms with van der Waals surface area (Å²) in [6.07, 6.45) is 5.03. The van der Waals surface area contributed by atoms with E-state index in [9.17, 15) is 12.8 Å². The number of hydrogen-bond acceptors (Lipinski definition) is 9. The summed E-state index contributed by atoms with van der Waals surface area (Å²) in [5, 5.41) is -0.808. The lowest BCUT2D eigenvalue weighted by atomic mass is 9.98. The Bertz CT molecular complexity index is 1300. The Labute approximate surface area is 217 Å². The van der Waals surface area contributed by atoms with Crippen LogP contribution in [0.1, 0.15) is 18.4 Å². The van der Waals surface area contributed by atoms with Crippen molar-refractivity contribution >= 4 is 9.84 Å². The van der Waals surface area contributed by atoms with Gasteiger partial charge in [0.1, 0.15) is 11.2 Å². The summed E-state index contributed by atoms with van der Waals surface area (Å²) >= 11 is 0. The van der Waals surface area contributed by atoms with E-state index in [1.54, 1.807) is 48.7 Å². The number of aromatic nitrogens is 2. The molecule has 198 valence electrons. The SMILES string of the molecule is C=CC(N1CCCC(CN)C1)S(=O)(=O)c1ccc(-c2nccc(-c3ccc(F)c(CN)c3)n2)cc1.NN. The van der Waals surface area contributed by atoms with Gasteiger partial charge in [0.15, 0.2) is 15.7 Å². The molecule has 2 aromatic carbocycles. The Morgan fingerprint density at radius 1 is 1.11 bits per heavy atom.